The Morgan fingerprint density at radius 2 is 2.14 bits per heavy atom. The van der Waals surface area contributed by atoms with Crippen LogP contribution in [0, 0.1) is 0 Å². The number of nitrogens with zero attached hydrogens (tertiary/aromatic N) is 2. The maximum Gasteiger partial charge on any atom is 0.132 e. The largest absolute Gasteiger partial charge is 0.467 e. The highest BCUT2D eigenvalue weighted by molar-refractivity contribution is 5.24. The van der Waals surface area contributed by atoms with Gasteiger partial charge in [-0.25, -0.2) is 0 Å². The number of rotatable bonds is 6. The average molecular weight is 305 g/mol. The normalized spacial score (nSPS) is 15.0. The fraction of sp³-hybridized carbons (Fsp3) is 0.588. The van der Waals surface area contributed by atoms with E-state index < -0.39 is 6.10 Å². The zero-order chi connectivity index (χ0) is 16.3. The molecule has 22 heavy (non-hydrogen) atoms. The summed E-state index contributed by atoms with van der Waals surface area (Å²) in [6, 6.07) is 3.77. The van der Waals surface area contributed by atoms with E-state index in [4.69, 9.17) is 4.42 Å². The Hall–Kier alpha value is -1.59. The van der Waals surface area contributed by atoms with Gasteiger partial charge in [0.15, 0.2) is 0 Å². The Kier molecular flexibility index (Phi) is 5.08. The molecule has 0 spiro atoms. The van der Waals surface area contributed by atoms with Crippen molar-refractivity contribution in [1.82, 2.24) is 15.1 Å². The predicted molar refractivity (Wildman–Crippen MR) is 86.5 cm³/mol. The fourth-order valence-electron chi connectivity index (χ4n) is 2.60. The molecule has 0 aliphatic rings. The summed E-state index contributed by atoms with van der Waals surface area (Å²) >= 11 is 0. The average Bonchev–Trinajstić information content (AvgIpc) is 3.04. The molecule has 2 heterocycles. The summed E-state index contributed by atoms with van der Waals surface area (Å²) in [5.41, 5.74) is 2.34. The minimum atomic E-state index is -0.575. The van der Waals surface area contributed by atoms with Crippen molar-refractivity contribution < 1.29 is 9.52 Å². The quantitative estimate of drug-likeness (QED) is 0.861. The van der Waals surface area contributed by atoms with Crippen LogP contribution in [0.4, 0.5) is 0 Å². The molecule has 2 aromatic heterocycles. The molecule has 0 radical (unpaired) electrons. The summed E-state index contributed by atoms with van der Waals surface area (Å²) in [6.45, 7) is 9.32. The zero-order valence-corrected chi connectivity index (χ0v) is 14.1. The SMILES string of the molecule is CC(CC(O)c1ccco1)NCc1cn(C)nc1C(C)(C)C. The maximum absolute atomic E-state index is 10.1. The van der Waals surface area contributed by atoms with Crippen molar-refractivity contribution in [3.8, 4) is 0 Å². The van der Waals surface area contributed by atoms with Gasteiger partial charge in [0.2, 0.25) is 0 Å². The highest BCUT2D eigenvalue weighted by Crippen LogP contribution is 2.24. The zero-order valence-electron chi connectivity index (χ0n) is 14.1. The van der Waals surface area contributed by atoms with Crippen molar-refractivity contribution >= 4 is 0 Å². The van der Waals surface area contributed by atoms with E-state index in [1.165, 1.54) is 5.56 Å². The number of hydrogen-bond acceptors (Lipinski definition) is 4. The van der Waals surface area contributed by atoms with E-state index in [1.54, 1.807) is 18.4 Å². The van der Waals surface area contributed by atoms with E-state index >= 15 is 0 Å². The third-order valence-electron chi connectivity index (χ3n) is 3.70. The topological polar surface area (TPSA) is 63.2 Å². The van der Waals surface area contributed by atoms with E-state index in [0.29, 0.717) is 12.2 Å². The van der Waals surface area contributed by atoms with Gasteiger partial charge >= 0.3 is 0 Å². The monoisotopic (exact) mass is 305 g/mol. The maximum atomic E-state index is 10.1. The second-order valence-corrected chi connectivity index (χ2v) is 6.98. The predicted octanol–water partition coefficient (Wildman–Crippen LogP) is 2.91. The number of aromatic nitrogens is 2. The molecule has 2 atom stereocenters. The Morgan fingerprint density at radius 1 is 1.41 bits per heavy atom. The Labute approximate surface area is 132 Å². The summed E-state index contributed by atoms with van der Waals surface area (Å²) in [5.74, 6) is 0.616. The minimum Gasteiger partial charge on any atom is -0.467 e. The molecule has 122 valence electrons. The van der Waals surface area contributed by atoms with Crippen LogP contribution >= 0.6 is 0 Å². The summed E-state index contributed by atoms with van der Waals surface area (Å²) < 4.78 is 7.10. The summed E-state index contributed by atoms with van der Waals surface area (Å²) in [6.07, 6.45) is 3.68. The molecule has 5 nitrogen and oxygen atoms in total. The van der Waals surface area contributed by atoms with Crippen LogP contribution in [0.3, 0.4) is 0 Å². The van der Waals surface area contributed by atoms with Crippen LogP contribution in [-0.2, 0) is 19.0 Å². The first-order valence-electron chi connectivity index (χ1n) is 7.75. The molecule has 2 unspecified atom stereocenters. The minimum absolute atomic E-state index is 0.0230. The Balaban J connectivity index is 1.93. The van der Waals surface area contributed by atoms with Crippen molar-refractivity contribution in [2.45, 2.75) is 58.2 Å². The van der Waals surface area contributed by atoms with Gasteiger partial charge < -0.3 is 14.8 Å². The van der Waals surface area contributed by atoms with Crippen LogP contribution in [0.5, 0.6) is 0 Å². The first-order chi connectivity index (χ1) is 10.3. The van der Waals surface area contributed by atoms with Crippen LogP contribution in [0.15, 0.2) is 29.0 Å². The molecule has 0 fully saturated rings. The number of aliphatic hydroxyl groups is 1. The molecule has 0 saturated heterocycles. The third kappa shape index (κ3) is 4.21. The van der Waals surface area contributed by atoms with E-state index in [9.17, 15) is 5.11 Å². The van der Waals surface area contributed by atoms with Gasteiger partial charge in [-0.05, 0) is 25.5 Å². The van der Waals surface area contributed by atoms with Crippen LogP contribution in [0.2, 0.25) is 0 Å². The molecule has 0 aliphatic heterocycles. The molecule has 2 aromatic rings. The lowest BCUT2D eigenvalue weighted by molar-refractivity contribution is 0.128. The number of aryl methyl sites for hydroxylation is 1. The standard InChI is InChI=1S/C17H27N3O2/c1-12(9-14(21)15-7-6-8-22-15)18-10-13-11-20(5)19-16(13)17(2,3)4/h6-8,11-12,14,18,21H,9-10H2,1-5H3. The van der Waals surface area contributed by atoms with Crippen molar-refractivity contribution in [3.63, 3.8) is 0 Å². The lowest BCUT2D eigenvalue weighted by Crippen LogP contribution is -2.28. The van der Waals surface area contributed by atoms with E-state index in [1.807, 2.05) is 11.7 Å². The molecule has 5 heteroatoms. The number of nitrogens with one attached hydrogen (secondary N) is 1. The van der Waals surface area contributed by atoms with Crippen LogP contribution < -0.4 is 5.32 Å². The molecule has 0 bridgehead atoms. The summed E-state index contributed by atoms with van der Waals surface area (Å²) in [4.78, 5) is 0. The summed E-state index contributed by atoms with van der Waals surface area (Å²) in [7, 11) is 1.95. The Bertz CT molecular complexity index is 582. The molecule has 0 aliphatic carbocycles. The summed E-state index contributed by atoms with van der Waals surface area (Å²) in [5, 5.41) is 18.2. The van der Waals surface area contributed by atoms with E-state index in [2.05, 4.69) is 44.3 Å². The molecule has 0 aromatic carbocycles. The first-order valence-corrected chi connectivity index (χ1v) is 7.75. The van der Waals surface area contributed by atoms with Gasteiger partial charge in [-0.15, -0.1) is 0 Å². The smallest absolute Gasteiger partial charge is 0.132 e. The number of aliphatic hydroxyl groups excluding tert-OH is 1. The van der Waals surface area contributed by atoms with Gasteiger partial charge in [-0.3, -0.25) is 4.68 Å². The van der Waals surface area contributed by atoms with Crippen LogP contribution in [0.1, 0.15) is 57.2 Å². The molecular formula is C17H27N3O2. The third-order valence-corrected chi connectivity index (χ3v) is 3.70. The van der Waals surface area contributed by atoms with Crippen molar-refractivity contribution in [1.29, 1.82) is 0 Å². The molecule has 0 amide bonds. The molecular weight excluding hydrogens is 278 g/mol. The molecule has 2 rings (SSSR count). The Morgan fingerprint density at radius 3 is 2.73 bits per heavy atom. The second kappa shape index (κ2) is 6.67. The van der Waals surface area contributed by atoms with Gasteiger partial charge in [0, 0.05) is 36.8 Å². The highest BCUT2D eigenvalue weighted by atomic mass is 16.4. The van der Waals surface area contributed by atoms with Crippen molar-refractivity contribution in [2.75, 3.05) is 0 Å². The fourth-order valence-corrected chi connectivity index (χ4v) is 2.60. The number of hydrogen-bond donors (Lipinski definition) is 2. The molecule has 0 saturated carbocycles. The van der Waals surface area contributed by atoms with Crippen molar-refractivity contribution in [2.24, 2.45) is 7.05 Å². The number of furan rings is 1. The molecule has 2 N–H and O–H groups in total. The van der Waals surface area contributed by atoms with Crippen LogP contribution in [0.25, 0.3) is 0 Å². The van der Waals surface area contributed by atoms with E-state index in [-0.39, 0.29) is 11.5 Å². The van der Waals surface area contributed by atoms with Crippen LogP contribution in [-0.4, -0.2) is 20.9 Å². The van der Waals surface area contributed by atoms with Gasteiger partial charge in [0.1, 0.15) is 11.9 Å². The van der Waals surface area contributed by atoms with Gasteiger partial charge in [-0.2, -0.15) is 5.10 Å². The van der Waals surface area contributed by atoms with Gasteiger partial charge in [-0.1, -0.05) is 20.8 Å². The van der Waals surface area contributed by atoms with Crippen molar-refractivity contribution in [3.05, 3.63) is 41.6 Å². The lowest BCUT2D eigenvalue weighted by atomic mass is 9.89. The second-order valence-electron chi connectivity index (χ2n) is 6.98. The lowest BCUT2D eigenvalue weighted by Gasteiger charge is -2.20. The van der Waals surface area contributed by atoms with Gasteiger partial charge in [0.25, 0.3) is 0 Å². The first kappa shape index (κ1) is 16.8. The van der Waals surface area contributed by atoms with Gasteiger partial charge in [0.05, 0.1) is 12.0 Å². The highest BCUT2D eigenvalue weighted by Gasteiger charge is 2.22. The van der Waals surface area contributed by atoms with E-state index in [0.717, 1.165) is 12.2 Å².